The summed E-state index contributed by atoms with van der Waals surface area (Å²) in [6.07, 6.45) is 4.95. The molecular weight excluding hydrogens is 258 g/mol. The Bertz CT molecular complexity index is 699. The van der Waals surface area contributed by atoms with Gasteiger partial charge in [-0.3, -0.25) is 10.1 Å². The largest absolute Gasteiger partial charge is 0.375 e. The van der Waals surface area contributed by atoms with Gasteiger partial charge in [0.15, 0.2) is 0 Å². The molecule has 1 heterocycles. The Morgan fingerprint density at radius 2 is 2.40 bits per heavy atom. The third-order valence-corrected chi connectivity index (χ3v) is 2.65. The van der Waals surface area contributed by atoms with Crippen molar-refractivity contribution in [3.05, 3.63) is 58.4 Å². The number of anilines is 1. The molecule has 100 valence electrons. The van der Waals surface area contributed by atoms with Gasteiger partial charge in [0.25, 0.3) is 5.69 Å². The molecule has 2 rings (SSSR count). The van der Waals surface area contributed by atoms with Gasteiger partial charge in [0.05, 0.1) is 22.8 Å². The number of nitrogens with one attached hydrogen (secondary N) is 1. The van der Waals surface area contributed by atoms with Gasteiger partial charge >= 0.3 is 0 Å². The van der Waals surface area contributed by atoms with Gasteiger partial charge in [0.2, 0.25) is 0 Å². The summed E-state index contributed by atoms with van der Waals surface area (Å²) in [7, 11) is 0. The average Bonchev–Trinajstić information content (AvgIpc) is 2.92. The molecule has 0 aliphatic rings. The van der Waals surface area contributed by atoms with Crippen LogP contribution in [0.5, 0.6) is 0 Å². The van der Waals surface area contributed by atoms with Crippen molar-refractivity contribution >= 4 is 17.6 Å². The lowest BCUT2D eigenvalue weighted by Gasteiger charge is -2.05. The molecule has 0 bridgehead atoms. The highest BCUT2D eigenvalue weighted by atomic mass is 16.6. The molecule has 0 atom stereocenters. The van der Waals surface area contributed by atoms with Gasteiger partial charge in [-0.05, 0) is 12.1 Å². The van der Waals surface area contributed by atoms with E-state index in [-0.39, 0.29) is 11.3 Å². The van der Waals surface area contributed by atoms with Crippen molar-refractivity contribution < 1.29 is 4.92 Å². The summed E-state index contributed by atoms with van der Waals surface area (Å²) in [5, 5.41) is 26.7. The van der Waals surface area contributed by atoms with Crippen LogP contribution in [0.25, 0.3) is 6.20 Å². The minimum atomic E-state index is -0.518. The highest BCUT2D eigenvalue weighted by Crippen LogP contribution is 2.25. The lowest BCUT2D eigenvalue weighted by atomic mass is 10.2. The number of hydrogen-bond donors (Lipinski definition) is 1. The van der Waals surface area contributed by atoms with E-state index in [2.05, 4.69) is 17.0 Å². The van der Waals surface area contributed by atoms with E-state index in [4.69, 9.17) is 5.26 Å². The standard InChI is InChI=1S/C13H11N5O2/c1-2-17-9-11(8-16-17)7-15-12-4-3-10(6-14)5-13(12)18(19)20/h2-5,8-9,15H,1,7H2. The van der Waals surface area contributed by atoms with Crippen molar-refractivity contribution in [2.24, 2.45) is 0 Å². The van der Waals surface area contributed by atoms with Crippen molar-refractivity contribution in [2.45, 2.75) is 6.54 Å². The molecule has 0 amide bonds. The number of nitro groups is 1. The molecule has 0 unspecified atom stereocenters. The van der Waals surface area contributed by atoms with Crippen molar-refractivity contribution in [1.82, 2.24) is 9.78 Å². The number of nitro benzene ring substituents is 1. The molecule has 0 saturated heterocycles. The second-order valence-corrected chi connectivity index (χ2v) is 3.97. The summed E-state index contributed by atoms with van der Waals surface area (Å²) in [6.45, 7) is 3.97. The van der Waals surface area contributed by atoms with Crippen LogP contribution in [-0.4, -0.2) is 14.7 Å². The maximum absolute atomic E-state index is 11.0. The van der Waals surface area contributed by atoms with Crippen molar-refractivity contribution in [2.75, 3.05) is 5.32 Å². The number of benzene rings is 1. The Balaban J connectivity index is 2.18. The lowest BCUT2D eigenvalue weighted by Crippen LogP contribution is -2.02. The first-order chi connectivity index (χ1) is 9.63. The molecule has 1 aromatic heterocycles. The molecule has 7 nitrogen and oxygen atoms in total. The number of rotatable bonds is 5. The molecule has 0 saturated carbocycles. The van der Waals surface area contributed by atoms with Crippen LogP contribution in [0, 0.1) is 21.4 Å². The van der Waals surface area contributed by atoms with E-state index in [1.807, 2.05) is 6.07 Å². The van der Waals surface area contributed by atoms with Crippen molar-refractivity contribution in [1.29, 1.82) is 5.26 Å². The van der Waals surface area contributed by atoms with E-state index in [0.717, 1.165) is 5.56 Å². The first kappa shape index (κ1) is 13.3. The van der Waals surface area contributed by atoms with Gasteiger partial charge in [0.1, 0.15) is 5.69 Å². The summed E-state index contributed by atoms with van der Waals surface area (Å²) in [5.74, 6) is 0. The zero-order valence-electron chi connectivity index (χ0n) is 10.5. The number of hydrogen-bond acceptors (Lipinski definition) is 5. The fourth-order valence-corrected chi connectivity index (χ4v) is 1.67. The molecular formula is C13H11N5O2. The minimum absolute atomic E-state index is 0.125. The van der Waals surface area contributed by atoms with E-state index < -0.39 is 4.92 Å². The Kier molecular flexibility index (Phi) is 3.77. The SMILES string of the molecule is C=Cn1cc(CNc2ccc(C#N)cc2[N+](=O)[O-])cn1. The smallest absolute Gasteiger partial charge is 0.293 e. The fourth-order valence-electron chi connectivity index (χ4n) is 1.67. The third-order valence-electron chi connectivity index (χ3n) is 2.65. The third kappa shape index (κ3) is 2.81. The normalized spacial score (nSPS) is 9.75. The summed E-state index contributed by atoms with van der Waals surface area (Å²) in [5.41, 5.74) is 1.35. The van der Waals surface area contributed by atoms with Crippen LogP contribution in [0.3, 0.4) is 0 Å². The van der Waals surface area contributed by atoms with E-state index in [0.29, 0.717) is 12.2 Å². The van der Waals surface area contributed by atoms with Crippen molar-refractivity contribution in [3.8, 4) is 6.07 Å². The van der Waals surface area contributed by atoms with Crippen LogP contribution < -0.4 is 5.32 Å². The van der Waals surface area contributed by atoms with Gasteiger partial charge in [-0.1, -0.05) is 6.58 Å². The highest BCUT2D eigenvalue weighted by Gasteiger charge is 2.14. The van der Waals surface area contributed by atoms with Crippen LogP contribution in [0.4, 0.5) is 11.4 Å². The number of nitrogens with zero attached hydrogens (tertiary/aromatic N) is 4. The molecule has 0 aliphatic heterocycles. The van der Waals surface area contributed by atoms with Crippen LogP contribution in [0.2, 0.25) is 0 Å². The van der Waals surface area contributed by atoms with Gasteiger partial charge in [-0.25, -0.2) is 4.68 Å². The van der Waals surface area contributed by atoms with Gasteiger partial charge in [-0.2, -0.15) is 10.4 Å². The Hall–Kier alpha value is -3.14. The maximum Gasteiger partial charge on any atom is 0.293 e. The molecule has 2 aromatic rings. The predicted octanol–water partition coefficient (Wildman–Crippen LogP) is 2.38. The summed E-state index contributed by atoms with van der Waals surface area (Å²) in [6, 6.07) is 6.18. The zero-order chi connectivity index (χ0) is 14.5. The van der Waals surface area contributed by atoms with Crippen molar-refractivity contribution in [3.63, 3.8) is 0 Å². The second kappa shape index (κ2) is 5.67. The van der Waals surface area contributed by atoms with Gasteiger partial charge < -0.3 is 5.32 Å². The second-order valence-electron chi connectivity index (χ2n) is 3.97. The summed E-state index contributed by atoms with van der Waals surface area (Å²) < 4.78 is 1.55. The molecule has 1 N–H and O–H groups in total. The monoisotopic (exact) mass is 269 g/mol. The van der Waals surface area contributed by atoms with Crippen LogP contribution in [-0.2, 0) is 6.54 Å². The molecule has 0 aliphatic carbocycles. The molecule has 7 heteroatoms. The van der Waals surface area contributed by atoms with Crippen LogP contribution >= 0.6 is 0 Å². The Morgan fingerprint density at radius 1 is 1.60 bits per heavy atom. The first-order valence-corrected chi connectivity index (χ1v) is 5.72. The van der Waals surface area contributed by atoms with Crippen LogP contribution in [0.1, 0.15) is 11.1 Å². The quantitative estimate of drug-likeness (QED) is 0.663. The van der Waals surface area contributed by atoms with E-state index in [1.165, 1.54) is 18.2 Å². The topological polar surface area (TPSA) is 96.8 Å². The molecule has 1 aromatic carbocycles. The van der Waals surface area contributed by atoms with Gasteiger partial charge in [0, 0.05) is 30.6 Å². The molecule has 0 fully saturated rings. The molecule has 20 heavy (non-hydrogen) atoms. The van der Waals surface area contributed by atoms with Crippen LogP contribution in [0.15, 0.2) is 37.2 Å². The fraction of sp³-hybridized carbons (Fsp3) is 0.0769. The number of aromatic nitrogens is 2. The lowest BCUT2D eigenvalue weighted by molar-refractivity contribution is -0.384. The molecule has 0 radical (unpaired) electrons. The van der Waals surface area contributed by atoms with E-state index >= 15 is 0 Å². The Morgan fingerprint density at radius 3 is 3.00 bits per heavy atom. The van der Waals surface area contributed by atoms with E-state index in [9.17, 15) is 10.1 Å². The Labute approximate surface area is 114 Å². The van der Waals surface area contributed by atoms with E-state index in [1.54, 1.807) is 23.3 Å². The maximum atomic E-state index is 11.0. The predicted molar refractivity (Wildman–Crippen MR) is 73.8 cm³/mol. The minimum Gasteiger partial charge on any atom is -0.375 e. The first-order valence-electron chi connectivity index (χ1n) is 5.72. The zero-order valence-corrected chi connectivity index (χ0v) is 10.5. The average molecular weight is 269 g/mol. The van der Waals surface area contributed by atoms with Gasteiger partial charge in [-0.15, -0.1) is 0 Å². The summed E-state index contributed by atoms with van der Waals surface area (Å²) in [4.78, 5) is 10.5. The summed E-state index contributed by atoms with van der Waals surface area (Å²) >= 11 is 0. The highest BCUT2D eigenvalue weighted by molar-refractivity contribution is 5.64. The number of nitriles is 1. The molecule has 0 spiro atoms.